The Morgan fingerprint density at radius 2 is 1.92 bits per heavy atom. The molecule has 5 nitrogen and oxygen atoms in total. The van der Waals surface area contributed by atoms with Crippen molar-refractivity contribution in [3.05, 3.63) is 23.9 Å². The summed E-state index contributed by atoms with van der Waals surface area (Å²) < 4.78 is 0. The number of pyridine rings is 1. The van der Waals surface area contributed by atoms with Gasteiger partial charge in [-0.2, -0.15) is 0 Å². The maximum Gasteiger partial charge on any atom is 0.191 e. The molecule has 0 bridgehead atoms. The lowest BCUT2D eigenvalue weighted by Gasteiger charge is -2.28. The molecule has 1 heterocycles. The number of aliphatic imine (C=N–C) groups is 1. The number of rotatable bonds is 6. The van der Waals surface area contributed by atoms with Gasteiger partial charge in [0.1, 0.15) is 5.82 Å². The Morgan fingerprint density at radius 1 is 1.21 bits per heavy atom. The molecule has 1 fully saturated rings. The number of hydrogen-bond donors (Lipinski definition) is 2. The van der Waals surface area contributed by atoms with Crippen molar-refractivity contribution in [1.29, 1.82) is 0 Å². The number of anilines is 1. The minimum atomic E-state index is 0.551. The number of nitrogens with zero attached hydrogens (tertiary/aromatic N) is 3. The molecule has 0 unspecified atom stereocenters. The normalized spacial score (nSPS) is 21.4. The molecule has 1 aliphatic rings. The molecule has 134 valence electrons. The van der Waals surface area contributed by atoms with Gasteiger partial charge in [0.05, 0.1) is 0 Å². The van der Waals surface area contributed by atoms with Crippen LogP contribution in [0, 0.1) is 5.92 Å². The van der Waals surface area contributed by atoms with Crippen LogP contribution >= 0.6 is 0 Å². The van der Waals surface area contributed by atoms with E-state index >= 15 is 0 Å². The maximum absolute atomic E-state index is 4.57. The van der Waals surface area contributed by atoms with Gasteiger partial charge in [0.25, 0.3) is 0 Å². The first-order chi connectivity index (χ1) is 11.7. The van der Waals surface area contributed by atoms with Crippen LogP contribution in [-0.2, 0) is 6.54 Å². The maximum atomic E-state index is 4.57. The van der Waals surface area contributed by atoms with E-state index in [0.717, 1.165) is 37.3 Å². The third-order valence-electron chi connectivity index (χ3n) is 4.94. The van der Waals surface area contributed by atoms with E-state index in [1.807, 2.05) is 13.2 Å². The Bertz CT molecular complexity index is 499. The number of aromatic nitrogens is 1. The van der Waals surface area contributed by atoms with Gasteiger partial charge in [0, 0.05) is 38.9 Å². The molecule has 24 heavy (non-hydrogen) atoms. The fraction of sp³-hybridized carbons (Fsp3) is 0.684. The summed E-state index contributed by atoms with van der Waals surface area (Å²) >= 11 is 0. The SMILES string of the molecule is CCN(CC)c1ccc(CNC(=NC)NC2CCC(C)CC2)cn1. The molecule has 1 aromatic heterocycles. The molecule has 0 radical (unpaired) electrons. The topological polar surface area (TPSA) is 52.5 Å². The van der Waals surface area contributed by atoms with E-state index in [4.69, 9.17) is 0 Å². The predicted molar refractivity (Wildman–Crippen MR) is 103 cm³/mol. The summed E-state index contributed by atoms with van der Waals surface area (Å²) in [5.74, 6) is 2.80. The van der Waals surface area contributed by atoms with Gasteiger partial charge in [-0.3, -0.25) is 4.99 Å². The average molecular weight is 332 g/mol. The third kappa shape index (κ3) is 5.39. The molecule has 1 aliphatic carbocycles. The predicted octanol–water partition coefficient (Wildman–Crippen LogP) is 3.17. The fourth-order valence-corrected chi connectivity index (χ4v) is 3.23. The number of guanidine groups is 1. The summed E-state index contributed by atoms with van der Waals surface area (Å²) in [4.78, 5) is 11.2. The molecule has 0 aliphatic heterocycles. The van der Waals surface area contributed by atoms with Gasteiger partial charge in [0.15, 0.2) is 5.96 Å². The Labute approximate surface area is 147 Å². The number of hydrogen-bond acceptors (Lipinski definition) is 3. The molecular formula is C19H33N5. The molecule has 0 saturated heterocycles. The van der Waals surface area contributed by atoms with Crippen LogP contribution in [0.1, 0.15) is 52.0 Å². The molecule has 0 spiro atoms. The standard InChI is InChI=1S/C19H33N5/c1-5-24(6-2)18-12-9-16(13-21-18)14-22-19(20-4)23-17-10-7-15(3)8-11-17/h9,12-13,15,17H,5-8,10-11,14H2,1-4H3,(H2,20,22,23). The van der Waals surface area contributed by atoms with Crippen LogP contribution < -0.4 is 15.5 Å². The Hall–Kier alpha value is -1.78. The lowest BCUT2D eigenvalue weighted by Crippen LogP contribution is -2.44. The van der Waals surface area contributed by atoms with Crippen molar-refractivity contribution in [3.63, 3.8) is 0 Å². The Balaban J connectivity index is 1.82. The third-order valence-corrected chi connectivity index (χ3v) is 4.94. The quantitative estimate of drug-likeness (QED) is 0.621. The van der Waals surface area contributed by atoms with Crippen LogP contribution in [0.2, 0.25) is 0 Å². The second kappa shape index (κ2) is 9.50. The molecule has 1 aromatic rings. The zero-order valence-corrected chi connectivity index (χ0v) is 15.7. The summed E-state index contributed by atoms with van der Waals surface area (Å²) in [6, 6.07) is 4.79. The van der Waals surface area contributed by atoms with Crippen molar-refractivity contribution in [2.75, 3.05) is 25.0 Å². The highest BCUT2D eigenvalue weighted by Gasteiger charge is 2.18. The van der Waals surface area contributed by atoms with Crippen molar-refractivity contribution < 1.29 is 0 Å². The molecular weight excluding hydrogens is 298 g/mol. The van der Waals surface area contributed by atoms with Crippen LogP contribution in [0.25, 0.3) is 0 Å². The molecule has 0 aromatic carbocycles. The van der Waals surface area contributed by atoms with E-state index in [1.165, 1.54) is 31.2 Å². The number of nitrogens with one attached hydrogen (secondary N) is 2. The highest BCUT2D eigenvalue weighted by molar-refractivity contribution is 5.79. The summed E-state index contributed by atoms with van der Waals surface area (Å²) in [5.41, 5.74) is 1.17. The van der Waals surface area contributed by atoms with E-state index in [1.54, 1.807) is 0 Å². The molecule has 2 N–H and O–H groups in total. The van der Waals surface area contributed by atoms with E-state index in [9.17, 15) is 0 Å². The summed E-state index contributed by atoms with van der Waals surface area (Å²) in [7, 11) is 1.84. The average Bonchev–Trinajstić information content (AvgIpc) is 2.62. The highest BCUT2D eigenvalue weighted by atomic mass is 15.2. The first kappa shape index (κ1) is 18.6. The van der Waals surface area contributed by atoms with Gasteiger partial charge >= 0.3 is 0 Å². The summed E-state index contributed by atoms with van der Waals surface area (Å²) in [6.07, 6.45) is 7.05. The molecule has 1 saturated carbocycles. The Morgan fingerprint density at radius 3 is 2.46 bits per heavy atom. The van der Waals surface area contributed by atoms with Crippen molar-refractivity contribution in [2.24, 2.45) is 10.9 Å². The molecule has 0 amide bonds. The van der Waals surface area contributed by atoms with Crippen LogP contribution in [0.15, 0.2) is 23.3 Å². The van der Waals surface area contributed by atoms with E-state index in [0.29, 0.717) is 6.04 Å². The van der Waals surface area contributed by atoms with E-state index < -0.39 is 0 Å². The zero-order chi connectivity index (χ0) is 17.4. The van der Waals surface area contributed by atoms with Gasteiger partial charge in [-0.15, -0.1) is 0 Å². The van der Waals surface area contributed by atoms with Gasteiger partial charge in [-0.25, -0.2) is 4.98 Å². The second-order valence-corrected chi connectivity index (χ2v) is 6.72. The van der Waals surface area contributed by atoms with Crippen LogP contribution in [0.3, 0.4) is 0 Å². The Kier molecular flexibility index (Phi) is 7.35. The van der Waals surface area contributed by atoms with Crippen molar-refractivity contribution in [3.8, 4) is 0 Å². The first-order valence-electron chi connectivity index (χ1n) is 9.33. The van der Waals surface area contributed by atoms with Crippen molar-refractivity contribution in [2.45, 2.75) is 59.0 Å². The lowest BCUT2D eigenvalue weighted by atomic mass is 9.87. The van der Waals surface area contributed by atoms with Gasteiger partial charge in [0.2, 0.25) is 0 Å². The van der Waals surface area contributed by atoms with Crippen LogP contribution in [0.5, 0.6) is 0 Å². The van der Waals surface area contributed by atoms with Gasteiger partial charge in [-0.1, -0.05) is 13.0 Å². The monoisotopic (exact) mass is 331 g/mol. The smallest absolute Gasteiger partial charge is 0.191 e. The highest BCUT2D eigenvalue weighted by Crippen LogP contribution is 2.23. The van der Waals surface area contributed by atoms with E-state index in [-0.39, 0.29) is 0 Å². The van der Waals surface area contributed by atoms with Crippen LogP contribution in [0.4, 0.5) is 5.82 Å². The van der Waals surface area contributed by atoms with Crippen molar-refractivity contribution in [1.82, 2.24) is 15.6 Å². The fourth-order valence-electron chi connectivity index (χ4n) is 3.23. The van der Waals surface area contributed by atoms with Crippen molar-refractivity contribution >= 4 is 11.8 Å². The minimum absolute atomic E-state index is 0.551. The zero-order valence-electron chi connectivity index (χ0n) is 15.7. The van der Waals surface area contributed by atoms with Gasteiger partial charge in [-0.05, 0) is 57.1 Å². The molecule has 0 atom stereocenters. The summed E-state index contributed by atoms with van der Waals surface area (Å²) in [5, 5.41) is 6.96. The largest absolute Gasteiger partial charge is 0.357 e. The second-order valence-electron chi connectivity index (χ2n) is 6.72. The first-order valence-corrected chi connectivity index (χ1v) is 9.33. The molecule has 5 heteroatoms. The summed E-state index contributed by atoms with van der Waals surface area (Å²) in [6.45, 7) is 9.37. The van der Waals surface area contributed by atoms with Gasteiger partial charge < -0.3 is 15.5 Å². The molecule has 2 rings (SSSR count). The van der Waals surface area contributed by atoms with Crippen LogP contribution in [-0.4, -0.2) is 37.1 Å². The van der Waals surface area contributed by atoms with E-state index in [2.05, 4.69) is 58.4 Å². The lowest BCUT2D eigenvalue weighted by molar-refractivity contribution is 0.329. The minimum Gasteiger partial charge on any atom is -0.357 e.